The maximum atomic E-state index is 13.7. The van der Waals surface area contributed by atoms with Crippen LogP contribution in [0.4, 0.5) is 4.39 Å². The maximum absolute atomic E-state index is 13.7. The summed E-state index contributed by atoms with van der Waals surface area (Å²) in [6.45, 7) is 5.12. The molecule has 2 bridgehead atoms. The largest absolute Gasteiger partial charge is 0.310 e. The number of rotatable bonds is 4. The predicted molar refractivity (Wildman–Crippen MR) is 78.9 cm³/mol. The van der Waals surface area contributed by atoms with Crippen LogP contribution in [0.25, 0.3) is 0 Å². The van der Waals surface area contributed by atoms with Crippen molar-refractivity contribution >= 4 is 0 Å². The van der Waals surface area contributed by atoms with E-state index >= 15 is 0 Å². The van der Waals surface area contributed by atoms with Gasteiger partial charge in [0.15, 0.2) is 0 Å². The average molecular weight is 273 g/mol. The third kappa shape index (κ3) is 1.84. The Kier molecular flexibility index (Phi) is 2.92. The van der Waals surface area contributed by atoms with Crippen LogP contribution in [0, 0.1) is 42.3 Å². The third-order valence-corrected chi connectivity index (χ3v) is 6.03. The zero-order valence-corrected chi connectivity index (χ0v) is 12.4. The van der Waals surface area contributed by atoms with Crippen LogP contribution in [-0.4, -0.2) is 6.54 Å². The van der Waals surface area contributed by atoms with Crippen molar-refractivity contribution < 1.29 is 4.39 Å². The lowest BCUT2D eigenvalue weighted by molar-refractivity contribution is 0.374. The van der Waals surface area contributed by atoms with Crippen LogP contribution in [0.5, 0.6) is 0 Å². The molecule has 3 saturated carbocycles. The molecule has 3 aliphatic carbocycles. The maximum Gasteiger partial charge on any atom is 0.123 e. The van der Waals surface area contributed by atoms with Crippen molar-refractivity contribution in [3.05, 3.63) is 35.1 Å². The van der Waals surface area contributed by atoms with Crippen LogP contribution >= 0.6 is 0 Å². The Morgan fingerprint density at radius 3 is 2.50 bits per heavy atom. The van der Waals surface area contributed by atoms with Gasteiger partial charge in [0.25, 0.3) is 0 Å². The molecule has 0 aliphatic heterocycles. The molecule has 0 amide bonds. The quantitative estimate of drug-likeness (QED) is 0.871. The van der Waals surface area contributed by atoms with E-state index in [9.17, 15) is 4.39 Å². The van der Waals surface area contributed by atoms with Crippen LogP contribution in [0.15, 0.2) is 18.2 Å². The number of nitrogens with one attached hydrogen (secondary N) is 1. The van der Waals surface area contributed by atoms with Gasteiger partial charge in [0.1, 0.15) is 5.82 Å². The van der Waals surface area contributed by atoms with Crippen LogP contribution in [-0.2, 0) is 0 Å². The van der Waals surface area contributed by atoms with E-state index in [-0.39, 0.29) is 5.82 Å². The molecule has 1 N–H and O–H groups in total. The Balaban J connectivity index is 1.62. The Hall–Kier alpha value is -0.890. The van der Waals surface area contributed by atoms with Gasteiger partial charge >= 0.3 is 0 Å². The molecule has 0 heterocycles. The summed E-state index contributed by atoms with van der Waals surface area (Å²) in [6.07, 6.45) is 4.37. The molecule has 2 heteroatoms. The Morgan fingerprint density at radius 2 is 1.90 bits per heavy atom. The van der Waals surface area contributed by atoms with Crippen LogP contribution < -0.4 is 5.32 Å². The van der Waals surface area contributed by atoms with Gasteiger partial charge in [-0.05, 0) is 85.6 Å². The second kappa shape index (κ2) is 4.56. The number of hydrogen-bond donors (Lipinski definition) is 1. The van der Waals surface area contributed by atoms with Gasteiger partial charge in [-0.1, -0.05) is 13.0 Å². The van der Waals surface area contributed by atoms with E-state index in [1.807, 2.05) is 6.92 Å². The standard InChI is InChI=1S/C18H24FN/c1-3-20-18(13-6-10(2)7-14(19)9-13)17-15-11-4-5-12(8-11)16(15)17/h6-7,9,11-12,15-18,20H,3-5,8H2,1-2H3. The normalized spacial score (nSPS) is 38.9. The van der Waals surface area contributed by atoms with Gasteiger partial charge in [-0.2, -0.15) is 0 Å². The lowest BCUT2D eigenvalue weighted by Gasteiger charge is -2.22. The van der Waals surface area contributed by atoms with Crippen LogP contribution in [0.1, 0.15) is 43.4 Å². The second-order valence-corrected chi connectivity index (χ2v) is 7.16. The summed E-state index contributed by atoms with van der Waals surface area (Å²) in [5, 5.41) is 3.65. The molecule has 4 rings (SSSR count). The van der Waals surface area contributed by atoms with E-state index in [2.05, 4.69) is 18.3 Å². The second-order valence-electron chi connectivity index (χ2n) is 7.16. The van der Waals surface area contributed by atoms with Crippen molar-refractivity contribution in [3.63, 3.8) is 0 Å². The summed E-state index contributed by atoms with van der Waals surface area (Å²) >= 11 is 0. The molecule has 1 aromatic carbocycles. The van der Waals surface area contributed by atoms with Gasteiger partial charge in [-0.3, -0.25) is 0 Å². The minimum Gasteiger partial charge on any atom is -0.310 e. The summed E-state index contributed by atoms with van der Waals surface area (Å²) in [5.41, 5.74) is 2.21. The average Bonchev–Trinajstić information content (AvgIpc) is 2.82. The fourth-order valence-electron chi connectivity index (χ4n) is 5.48. The first-order valence-corrected chi connectivity index (χ1v) is 8.19. The number of aryl methyl sites for hydroxylation is 1. The number of halogens is 1. The molecular formula is C18H24FN. The molecule has 1 aromatic rings. The van der Waals surface area contributed by atoms with Gasteiger partial charge in [0, 0.05) is 6.04 Å². The van der Waals surface area contributed by atoms with Crippen LogP contribution in [0.2, 0.25) is 0 Å². The molecule has 5 unspecified atom stereocenters. The minimum absolute atomic E-state index is 0.0864. The van der Waals surface area contributed by atoms with Crippen LogP contribution in [0.3, 0.4) is 0 Å². The smallest absolute Gasteiger partial charge is 0.123 e. The van der Waals surface area contributed by atoms with Crippen molar-refractivity contribution in [1.29, 1.82) is 0 Å². The number of benzene rings is 1. The first kappa shape index (κ1) is 12.8. The molecule has 5 atom stereocenters. The van der Waals surface area contributed by atoms with Gasteiger partial charge in [0.2, 0.25) is 0 Å². The fourth-order valence-corrected chi connectivity index (χ4v) is 5.48. The van der Waals surface area contributed by atoms with E-state index in [1.54, 1.807) is 12.1 Å². The third-order valence-electron chi connectivity index (χ3n) is 6.03. The molecule has 1 nitrogen and oxygen atoms in total. The highest BCUT2D eigenvalue weighted by atomic mass is 19.1. The van der Waals surface area contributed by atoms with E-state index in [4.69, 9.17) is 0 Å². The minimum atomic E-state index is -0.0864. The fraction of sp³-hybridized carbons (Fsp3) is 0.667. The van der Waals surface area contributed by atoms with Crippen molar-refractivity contribution in [2.45, 2.75) is 39.2 Å². The number of hydrogen-bond acceptors (Lipinski definition) is 1. The SMILES string of the molecule is CCNC(c1cc(C)cc(F)c1)C1C2C3CCC(C3)C21. The molecule has 0 aromatic heterocycles. The highest BCUT2D eigenvalue weighted by Crippen LogP contribution is 2.72. The molecule has 0 saturated heterocycles. The van der Waals surface area contributed by atoms with Gasteiger partial charge in [-0.25, -0.2) is 4.39 Å². The van der Waals surface area contributed by atoms with Crippen molar-refractivity contribution in [2.24, 2.45) is 29.6 Å². The lowest BCUT2D eigenvalue weighted by Crippen LogP contribution is -2.25. The molecule has 3 fully saturated rings. The van der Waals surface area contributed by atoms with Crippen molar-refractivity contribution in [2.75, 3.05) is 6.54 Å². The monoisotopic (exact) mass is 273 g/mol. The zero-order chi connectivity index (χ0) is 13.9. The molecule has 0 spiro atoms. The van der Waals surface area contributed by atoms with E-state index in [0.717, 1.165) is 41.7 Å². The molecule has 0 radical (unpaired) electrons. The highest BCUT2D eigenvalue weighted by Gasteiger charge is 2.66. The topological polar surface area (TPSA) is 12.0 Å². The van der Waals surface area contributed by atoms with Crippen molar-refractivity contribution in [3.8, 4) is 0 Å². The van der Waals surface area contributed by atoms with E-state index in [1.165, 1.54) is 24.8 Å². The van der Waals surface area contributed by atoms with E-state index < -0.39 is 0 Å². The summed E-state index contributed by atoms with van der Waals surface area (Å²) in [4.78, 5) is 0. The first-order valence-electron chi connectivity index (χ1n) is 8.19. The van der Waals surface area contributed by atoms with E-state index in [0.29, 0.717) is 6.04 Å². The highest BCUT2D eigenvalue weighted by molar-refractivity contribution is 5.30. The molecule has 108 valence electrons. The van der Waals surface area contributed by atoms with Gasteiger partial charge in [0.05, 0.1) is 0 Å². The first-order chi connectivity index (χ1) is 9.69. The van der Waals surface area contributed by atoms with Crippen molar-refractivity contribution in [1.82, 2.24) is 5.32 Å². The molecular weight excluding hydrogens is 249 g/mol. The summed E-state index contributed by atoms with van der Waals surface area (Å²) in [7, 11) is 0. The summed E-state index contributed by atoms with van der Waals surface area (Å²) in [5.74, 6) is 4.50. The van der Waals surface area contributed by atoms with Gasteiger partial charge < -0.3 is 5.32 Å². The Morgan fingerprint density at radius 1 is 1.20 bits per heavy atom. The Bertz CT molecular complexity index is 490. The Labute approximate surface area is 121 Å². The number of fused-ring (bicyclic) bond motifs is 5. The lowest BCUT2D eigenvalue weighted by atomic mass is 9.92. The summed E-state index contributed by atoms with van der Waals surface area (Å²) in [6, 6.07) is 5.92. The zero-order valence-electron chi connectivity index (χ0n) is 12.4. The predicted octanol–water partition coefficient (Wildman–Crippen LogP) is 4.08. The molecule has 20 heavy (non-hydrogen) atoms. The summed E-state index contributed by atoms with van der Waals surface area (Å²) < 4.78 is 13.7. The molecule has 3 aliphatic rings. The van der Waals surface area contributed by atoms with Gasteiger partial charge in [-0.15, -0.1) is 0 Å².